The molecule has 0 fully saturated rings. The normalized spacial score (nSPS) is 13.0. The first-order valence-corrected chi connectivity index (χ1v) is 8.10. The third-order valence-corrected chi connectivity index (χ3v) is 5.18. The molecule has 0 unspecified atom stereocenters. The Bertz CT molecular complexity index is 586. The van der Waals surface area contributed by atoms with Crippen molar-refractivity contribution in [1.82, 2.24) is 4.31 Å². The minimum absolute atomic E-state index is 0.112. The Hall–Kier alpha value is -0.910. The van der Waals surface area contributed by atoms with Crippen LogP contribution in [0.3, 0.4) is 0 Å². The topological polar surface area (TPSA) is 57.6 Å². The standard InChI is InChI=1S/C15H25NO3S/c1-11-7-13(9-17)8-14(12(11)2)20(18,19)16(6)10-15(3,4)5/h7-8,17H,9-10H2,1-6H3. The Morgan fingerprint density at radius 3 is 2.20 bits per heavy atom. The van der Waals surface area contributed by atoms with E-state index in [-0.39, 0.29) is 16.9 Å². The number of hydrogen-bond donors (Lipinski definition) is 1. The third-order valence-electron chi connectivity index (χ3n) is 3.25. The number of nitrogens with zero attached hydrogens (tertiary/aromatic N) is 1. The average Bonchev–Trinajstić information content (AvgIpc) is 2.29. The van der Waals surface area contributed by atoms with E-state index in [2.05, 4.69) is 0 Å². The van der Waals surface area contributed by atoms with E-state index in [1.165, 1.54) is 4.31 Å². The number of hydrogen-bond acceptors (Lipinski definition) is 3. The predicted molar refractivity (Wildman–Crippen MR) is 81.1 cm³/mol. The zero-order valence-electron chi connectivity index (χ0n) is 13.2. The molecule has 114 valence electrons. The van der Waals surface area contributed by atoms with E-state index in [0.717, 1.165) is 11.1 Å². The molecule has 0 aliphatic rings. The molecule has 0 amide bonds. The van der Waals surface area contributed by atoms with Crippen LogP contribution in [0.4, 0.5) is 0 Å². The highest BCUT2D eigenvalue weighted by atomic mass is 32.2. The molecule has 0 aromatic heterocycles. The number of benzene rings is 1. The van der Waals surface area contributed by atoms with Crippen LogP contribution in [0.15, 0.2) is 17.0 Å². The summed E-state index contributed by atoms with van der Waals surface area (Å²) in [6.45, 7) is 9.94. The lowest BCUT2D eigenvalue weighted by Gasteiger charge is -2.27. The van der Waals surface area contributed by atoms with Crippen molar-refractivity contribution in [2.75, 3.05) is 13.6 Å². The molecule has 0 bridgehead atoms. The lowest BCUT2D eigenvalue weighted by Crippen LogP contribution is -2.35. The van der Waals surface area contributed by atoms with Crippen LogP contribution in [-0.2, 0) is 16.6 Å². The highest BCUT2D eigenvalue weighted by Crippen LogP contribution is 2.26. The molecule has 4 nitrogen and oxygen atoms in total. The van der Waals surface area contributed by atoms with E-state index in [4.69, 9.17) is 0 Å². The minimum atomic E-state index is -3.54. The molecule has 20 heavy (non-hydrogen) atoms. The molecule has 0 aliphatic heterocycles. The van der Waals surface area contributed by atoms with Gasteiger partial charge in [0.1, 0.15) is 0 Å². The van der Waals surface area contributed by atoms with Gasteiger partial charge in [-0.05, 0) is 42.0 Å². The highest BCUT2D eigenvalue weighted by Gasteiger charge is 2.27. The maximum absolute atomic E-state index is 12.7. The third kappa shape index (κ3) is 3.81. The Morgan fingerprint density at radius 1 is 1.20 bits per heavy atom. The van der Waals surface area contributed by atoms with Gasteiger partial charge in [0.05, 0.1) is 11.5 Å². The van der Waals surface area contributed by atoms with Crippen LogP contribution >= 0.6 is 0 Å². The Balaban J connectivity index is 3.32. The van der Waals surface area contributed by atoms with Crippen molar-refractivity contribution in [2.24, 2.45) is 5.41 Å². The average molecular weight is 299 g/mol. The molecule has 0 heterocycles. The van der Waals surface area contributed by atoms with Crippen molar-refractivity contribution in [3.8, 4) is 0 Å². The van der Waals surface area contributed by atoms with Crippen molar-refractivity contribution >= 4 is 10.0 Å². The fourth-order valence-corrected chi connectivity index (χ4v) is 3.92. The van der Waals surface area contributed by atoms with Crippen LogP contribution in [0.2, 0.25) is 0 Å². The first-order chi connectivity index (χ1) is 8.99. The van der Waals surface area contributed by atoms with Crippen molar-refractivity contribution in [2.45, 2.75) is 46.1 Å². The van der Waals surface area contributed by atoms with Gasteiger partial charge in [0.25, 0.3) is 0 Å². The van der Waals surface area contributed by atoms with E-state index in [1.54, 1.807) is 20.0 Å². The van der Waals surface area contributed by atoms with Crippen molar-refractivity contribution in [3.05, 3.63) is 28.8 Å². The zero-order valence-corrected chi connectivity index (χ0v) is 14.0. The van der Waals surface area contributed by atoms with Crippen LogP contribution in [0.1, 0.15) is 37.5 Å². The van der Waals surface area contributed by atoms with Gasteiger partial charge in [-0.15, -0.1) is 0 Å². The second-order valence-electron chi connectivity index (χ2n) is 6.52. The Morgan fingerprint density at radius 2 is 1.75 bits per heavy atom. The van der Waals surface area contributed by atoms with Crippen LogP contribution in [0, 0.1) is 19.3 Å². The molecule has 0 aliphatic carbocycles. The molecule has 0 saturated carbocycles. The number of sulfonamides is 1. The minimum Gasteiger partial charge on any atom is -0.392 e. The summed E-state index contributed by atoms with van der Waals surface area (Å²) in [6.07, 6.45) is 0. The molecule has 0 saturated heterocycles. The summed E-state index contributed by atoms with van der Waals surface area (Å²) < 4.78 is 26.8. The van der Waals surface area contributed by atoms with Gasteiger partial charge in [0.2, 0.25) is 10.0 Å². The van der Waals surface area contributed by atoms with Crippen molar-refractivity contribution < 1.29 is 13.5 Å². The molecule has 1 N–H and O–H groups in total. The van der Waals surface area contributed by atoms with Gasteiger partial charge in [-0.3, -0.25) is 0 Å². The number of aryl methyl sites for hydroxylation is 1. The van der Waals surface area contributed by atoms with Crippen LogP contribution in [-0.4, -0.2) is 31.4 Å². The predicted octanol–water partition coefficient (Wildman–Crippen LogP) is 2.46. The summed E-state index contributed by atoms with van der Waals surface area (Å²) >= 11 is 0. The summed E-state index contributed by atoms with van der Waals surface area (Å²) in [6, 6.07) is 3.38. The number of aliphatic hydroxyl groups excluding tert-OH is 1. The van der Waals surface area contributed by atoms with E-state index < -0.39 is 10.0 Å². The van der Waals surface area contributed by atoms with E-state index >= 15 is 0 Å². The molecule has 0 atom stereocenters. The van der Waals surface area contributed by atoms with Gasteiger partial charge < -0.3 is 5.11 Å². The van der Waals surface area contributed by atoms with Crippen molar-refractivity contribution in [1.29, 1.82) is 0 Å². The van der Waals surface area contributed by atoms with Gasteiger partial charge in [0, 0.05) is 13.6 Å². The fraction of sp³-hybridized carbons (Fsp3) is 0.600. The van der Waals surface area contributed by atoms with Gasteiger partial charge >= 0.3 is 0 Å². The Labute approximate surface area is 122 Å². The second-order valence-corrected chi connectivity index (χ2v) is 8.53. The molecule has 0 spiro atoms. The van der Waals surface area contributed by atoms with Crippen LogP contribution in [0.5, 0.6) is 0 Å². The molecule has 5 heteroatoms. The maximum atomic E-state index is 12.7. The monoisotopic (exact) mass is 299 g/mol. The summed E-state index contributed by atoms with van der Waals surface area (Å²) in [5.74, 6) is 0. The van der Waals surface area contributed by atoms with Gasteiger partial charge in [-0.25, -0.2) is 12.7 Å². The highest BCUT2D eigenvalue weighted by molar-refractivity contribution is 7.89. The van der Waals surface area contributed by atoms with Gasteiger partial charge in [-0.2, -0.15) is 0 Å². The summed E-state index contributed by atoms with van der Waals surface area (Å²) in [7, 11) is -1.94. The van der Waals surface area contributed by atoms with Gasteiger partial charge in [-0.1, -0.05) is 26.8 Å². The summed E-state index contributed by atoms with van der Waals surface area (Å²) in [5.41, 5.74) is 2.12. The zero-order chi connectivity index (χ0) is 15.7. The SMILES string of the molecule is Cc1cc(CO)cc(S(=O)(=O)N(C)CC(C)(C)C)c1C. The second kappa shape index (κ2) is 5.84. The number of rotatable bonds is 4. The summed E-state index contributed by atoms with van der Waals surface area (Å²) in [5, 5.41) is 9.26. The van der Waals surface area contributed by atoms with E-state index in [9.17, 15) is 13.5 Å². The smallest absolute Gasteiger partial charge is 0.243 e. The largest absolute Gasteiger partial charge is 0.392 e. The molecule has 1 aromatic rings. The van der Waals surface area contributed by atoms with E-state index in [1.807, 2.05) is 33.8 Å². The summed E-state index contributed by atoms with van der Waals surface area (Å²) in [4.78, 5) is 0.285. The van der Waals surface area contributed by atoms with E-state index in [0.29, 0.717) is 12.1 Å². The van der Waals surface area contributed by atoms with Crippen LogP contribution < -0.4 is 0 Å². The fourth-order valence-electron chi connectivity index (χ4n) is 2.18. The molecule has 1 rings (SSSR count). The maximum Gasteiger partial charge on any atom is 0.243 e. The number of aliphatic hydroxyl groups is 1. The quantitative estimate of drug-likeness (QED) is 0.929. The molecular formula is C15H25NO3S. The first-order valence-electron chi connectivity index (χ1n) is 6.66. The molecule has 0 radical (unpaired) electrons. The molecular weight excluding hydrogens is 274 g/mol. The van der Waals surface area contributed by atoms with Crippen LogP contribution in [0.25, 0.3) is 0 Å². The molecule has 1 aromatic carbocycles. The van der Waals surface area contributed by atoms with Gasteiger partial charge in [0.15, 0.2) is 0 Å². The first kappa shape index (κ1) is 17.1. The van der Waals surface area contributed by atoms with Crippen molar-refractivity contribution in [3.63, 3.8) is 0 Å². The lowest BCUT2D eigenvalue weighted by molar-refractivity contribution is 0.281. The lowest BCUT2D eigenvalue weighted by atomic mass is 9.97. The Kier molecular flexibility index (Phi) is 5.00.